The first-order valence-corrected chi connectivity index (χ1v) is 17.2. The lowest BCUT2D eigenvalue weighted by atomic mass is 9.68. The molecule has 0 spiro atoms. The molecule has 1 saturated carbocycles. The Hall–Kier alpha value is -2.72. The Labute approximate surface area is 249 Å². The number of primary sulfonamides is 1. The van der Waals surface area contributed by atoms with Gasteiger partial charge in [-0.3, -0.25) is 0 Å². The van der Waals surface area contributed by atoms with Gasteiger partial charge in [-0.1, -0.05) is 49.6 Å². The quantitative estimate of drug-likeness (QED) is 0.397. The highest BCUT2D eigenvalue weighted by molar-refractivity contribution is 7.89. The van der Waals surface area contributed by atoms with Crippen molar-refractivity contribution >= 4 is 26.9 Å². The van der Waals surface area contributed by atoms with Gasteiger partial charge in [-0.15, -0.1) is 0 Å². The van der Waals surface area contributed by atoms with Gasteiger partial charge in [0.1, 0.15) is 0 Å². The molecule has 0 saturated heterocycles. The summed E-state index contributed by atoms with van der Waals surface area (Å²) in [4.78, 5) is 16.8. The molecular weight excluding hydrogens is 548 g/mol. The summed E-state index contributed by atoms with van der Waals surface area (Å²) in [5.74, 6) is -0.553. The summed E-state index contributed by atoms with van der Waals surface area (Å²) in [6.07, 6.45) is 12.9. The number of nitrogens with zero attached hydrogens (tertiary/aromatic N) is 3. The molecule has 8 nitrogen and oxygen atoms in total. The molecule has 4 aliphatic rings. The summed E-state index contributed by atoms with van der Waals surface area (Å²) in [6, 6.07) is 9.18. The fourth-order valence-electron chi connectivity index (χ4n) is 7.96. The smallest absolute Gasteiger partial charge is 0.336 e. The number of benzene rings is 1. The monoisotopic (exact) mass is 592 g/mol. The number of nitrogens with two attached hydrogens (primary N) is 1. The number of carboxylic acids is 1. The van der Waals surface area contributed by atoms with Crippen molar-refractivity contribution in [2.75, 3.05) is 46.0 Å². The van der Waals surface area contributed by atoms with E-state index in [0.29, 0.717) is 25.1 Å². The number of hydrogen-bond donors (Lipinski definition) is 2. The molecule has 1 atom stereocenters. The Balaban J connectivity index is 1.31. The van der Waals surface area contributed by atoms with E-state index < -0.39 is 16.0 Å². The second kappa shape index (κ2) is 11.4. The van der Waals surface area contributed by atoms with E-state index in [0.717, 1.165) is 56.5 Å². The molecule has 2 aromatic rings. The van der Waals surface area contributed by atoms with Crippen LogP contribution < -0.4 is 5.14 Å². The molecule has 0 amide bonds. The summed E-state index contributed by atoms with van der Waals surface area (Å²) in [5, 5.41) is 16.4. The molecular formula is C33H44N4O4S. The Kier molecular flexibility index (Phi) is 7.98. The molecule has 9 heteroatoms. The van der Waals surface area contributed by atoms with E-state index in [9.17, 15) is 18.3 Å². The number of aromatic nitrogens is 1. The second-order valence-electron chi connectivity index (χ2n) is 13.0. The largest absolute Gasteiger partial charge is 0.478 e. The normalized spacial score (nSPS) is 21.5. The van der Waals surface area contributed by atoms with Gasteiger partial charge in [0.2, 0.25) is 10.0 Å². The zero-order chi connectivity index (χ0) is 29.6. The van der Waals surface area contributed by atoms with Crippen LogP contribution >= 0.6 is 0 Å². The van der Waals surface area contributed by atoms with Gasteiger partial charge >= 0.3 is 5.97 Å². The SMILES string of the molecule is CN(CCCS(N)(=O)=O)CCN(C)CC1(c2cccc3cc4n(c23)CC2=C(C(=O)O)C2=C2C=CCCC24)CCCCC1. The third-order valence-electron chi connectivity index (χ3n) is 10.0. The predicted octanol–water partition coefficient (Wildman–Crippen LogP) is 4.52. The van der Waals surface area contributed by atoms with Crippen LogP contribution in [0.2, 0.25) is 0 Å². The first-order valence-electron chi connectivity index (χ1n) is 15.5. The number of carboxylic acid groups (broad SMARTS) is 1. The second-order valence-corrected chi connectivity index (χ2v) is 14.8. The third-order valence-corrected chi connectivity index (χ3v) is 10.9. The van der Waals surface area contributed by atoms with Crippen LogP contribution in [0.1, 0.15) is 68.5 Å². The van der Waals surface area contributed by atoms with Crippen molar-refractivity contribution in [1.29, 1.82) is 0 Å². The molecule has 1 fully saturated rings. The summed E-state index contributed by atoms with van der Waals surface area (Å²) in [7, 11) is 0.824. The number of para-hydroxylation sites is 1. The van der Waals surface area contributed by atoms with Crippen LogP contribution in [-0.4, -0.2) is 79.9 Å². The molecule has 0 bridgehead atoms. The number of hydrogen-bond acceptors (Lipinski definition) is 5. The van der Waals surface area contributed by atoms with E-state index in [1.807, 2.05) is 7.05 Å². The van der Waals surface area contributed by atoms with Crippen LogP contribution in [0.5, 0.6) is 0 Å². The molecule has 1 aromatic heterocycles. The number of carbonyl (C=O) groups is 1. The maximum atomic E-state index is 12.2. The van der Waals surface area contributed by atoms with Crippen LogP contribution in [0.3, 0.4) is 0 Å². The van der Waals surface area contributed by atoms with E-state index in [1.54, 1.807) is 0 Å². The van der Waals surface area contributed by atoms with Gasteiger partial charge in [-0.05, 0) is 81.1 Å². The first kappa shape index (κ1) is 29.4. The maximum absolute atomic E-state index is 12.2. The van der Waals surface area contributed by atoms with Crippen LogP contribution in [0.25, 0.3) is 10.9 Å². The highest BCUT2D eigenvalue weighted by Gasteiger charge is 2.44. The summed E-state index contributed by atoms with van der Waals surface area (Å²) >= 11 is 0. The molecule has 226 valence electrons. The zero-order valence-corrected chi connectivity index (χ0v) is 25.8. The standard InChI is InChI=1S/C33H44N4O4S/c1-35(16-9-19-42(34,40)41)17-18-36(2)22-33(14-6-3-7-15-33)27-13-8-10-23-20-28-24-11-4-5-12-25(24)29-26(30(29)32(38)39)21-37(28)31(23)27/h5,8,10,12-13,20,24H,3-4,6-7,9,11,14-19,21-22H2,1-2H3,(H,38,39)(H2,34,40,41). The average molecular weight is 593 g/mol. The van der Waals surface area contributed by atoms with E-state index >= 15 is 0 Å². The van der Waals surface area contributed by atoms with Gasteiger partial charge in [0, 0.05) is 48.6 Å². The van der Waals surface area contributed by atoms with Crippen LogP contribution in [0, 0.1) is 0 Å². The number of aliphatic carboxylic acids is 1. The topological polar surface area (TPSA) is 109 Å². The van der Waals surface area contributed by atoms with E-state index in [-0.39, 0.29) is 17.1 Å². The first-order chi connectivity index (χ1) is 20.1. The number of fused-ring (bicyclic) bond motifs is 6. The minimum absolute atomic E-state index is 0.0163. The molecule has 0 radical (unpaired) electrons. The van der Waals surface area contributed by atoms with E-state index in [4.69, 9.17) is 5.14 Å². The van der Waals surface area contributed by atoms with Crippen molar-refractivity contribution in [3.63, 3.8) is 0 Å². The fourth-order valence-corrected chi connectivity index (χ4v) is 8.50. The Morgan fingerprint density at radius 1 is 1.12 bits per heavy atom. The van der Waals surface area contributed by atoms with Gasteiger partial charge in [-0.25, -0.2) is 18.4 Å². The van der Waals surface area contributed by atoms with E-state index in [2.05, 4.69) is 57.8 Å². The Bertz CT molecular complexity index is 1590. The van der Waals surface area contributed by atoms with Crippen molar-refractivity contribution in [1.82, 2.24) is 14.4 Å². The minimum Gasteiger partial charge on any atom is -0.478 e. The lowest BCUT2D eigenvalue weighted by molar-refractivity contribution is -0.132. The van der Waals surface area contributed by atoms with Crippen molar-refractivity contribution in [3.8, 4) is 0 Å². The van der Waals surface area contributed by atoms with Gasteiger partial charge in [0.05, 0.1) is 16.8 Å². The Morgan fingerprint density at radius 2 is 1.88 bits per heavy atom. The lowest BCUT2D eigenvalue weighted by Crippen LogP contribution is -2.43. The molecule has 3 N–H and O–H groups in total. The predicted molar refractivity (Wildman–Crippen MR) is 167 cm³/mol. The average Bonchev–Trinajstić information content (AvgIpc) is 3.58. The summed E-state index contributed by atoms with van der Waals surface area (Å²) < 4.78 is 25.1. The molecule has 3 aliphatic carbocycles. The van der Waals surface area contributed by atoms with Crippen molar-refractivity contribution < 1.29 is 18.3 Å². The number of rotatable bonds is 11. The van der Waals surface area contributed by atoms with Crippen LogP contribution in [0.15, 0.2) is 58.7 Å². The number of allylic oxidation sites excluding steroid dienone is 4. The molecule has 1 aromatic carbocycles. The maximum Gasteiger partial charge on any atom is 0.336 e. The van der Waals surface area contributed by atoms with Crippen molar-refractivity contribution in [2.45, 2.75) is 69.2 Å². The van der Waals surface area contributed by atoms with Gasteiger partial charge in [-0.2, -0.15) is 0 Å². The minimum atomic E-state index is -3.42. The molecule has 1 unspecified atom stereocenters. The highest BCUT2D eigenvalue weighted by atomic mass is 32.2. The third kappa shape index (κ3) is 5.64. The molecule has 42 heavy (non-hydrogen) atoms. The fraction of sp³-hybridized carbons (Fsp3) is 0.545. The molecule has 6 rings (SSSR count). The highest BCUT2D eigenvalue weighted by Crippen LogP contribution is 2.53. The summed E-state index contributed by atoms with van der Waals surface area (Å²) in [5.41, 5.74) is 7.78. The van der Waals surface area contributed by atoms with Gasteiger partial charge < -0.3 is 19.5 Å². The molecule has 1 aliphatic heterocycles. The molecule has 2 heterocycles. The van der Waals surface area contributed by atoms with Crippen LogP contribution in [0.4, 0.5) is 0 Å². The zero-order valence-electron chi connectivity index (χ0n) is 24.9. The van der Waals surface area contributed by atoms with Crippen molar-refractivity contribution in [3.05, 3.63) is 70.0 Å². The van der Waals surface area contributed by atoms with Crippen molar-refractivity contribution in [2.24, 2.45) is 5.14 Å². The van der Waals surface area contributed by atoms with Gasteiger partial charge in [0.15, 0.2) is 0 Å². The lowest BCUT2D eigenvalue weighted by Gasteiger charge is -2.41. The van der Waals surface area contributed by atoms with E-state index in [1.165, 1.54) is 47.0 Å². The number of sulfonamides is 1. The summed E-state index contributed by atoms with van der Waals surface area (Å²) in [6.45, 7) is 4.06. The van der Waals surface area contributed by atoms with Gasteiger partial charge in [0.25, 0.3) is 0 Å². The van der Waals surface area contributed by atoms with Crippen LogP contribution in [-0.2, 0) is 26.8 Å². The Morgan fingerprint density at radius 3 is 2.62 bits per heavy atom. The number of likely N-dealkylation sites (N-methyl/N-ethyl adjacent to an activating group) is 2.